The molecule has 2 rings (SSSR count). The standard InChI is InChI=1S/C14H19N3O2/c1-9-8-11(2-3-12(9)13(15)18)17-14(19)10-4-6-16-7-5-10/h2-3,8,10,16H,4-7H2,1H3,(H2,15,18)(H,17,19). The largest absolute Gasteiger partial charge is 0.366 e. The number of aryl methyl sites for hydroxylation is 1. The minimum absolute atomic E-state index is 0.0488. The Balaban J connectivity index is 2.04. The lowest BCUT2D eigenvalue weighted by atomic mass is 9.97. The first-order valence-electron chi connectivity index (χ1n) is 6.50. The maximum absolute atomic E-state index is 12.1. The number of carbonyl (C=O) groups is 2. The van der Waals surface area contributed by atoms with Crippen molar-refractivity contribution in [2.45, 2.75) is 19.8 Å². The molecule has 19 heavy (non-hydrogen) atoms. The predicted octanol–water partition coefficient (Wildman–Crippen LogP) is 1.03. The summed E-state index contributed by atoms with van der Waals surface area (Å²) < 4.78 is 0. The minimum atomic E-state index is -0.450. The van der Waals surface area contributed by atoms with Gasteiger partial charge in [-0.2, -0.15) is 0 Å². The van der Waals surface area contributed by atoms with E-state index in [1.165, 1.54) is 0 Å². The van der Waals surface area contributed by atoms with Gasteiger partial charge in [-0.05, 0) is 56.6 Å². The SMILES string of the molecule is Cc1cc(NC(=O)C2CCNCC2)ccc1C(N)=O. The predicted molar refractivity (Wildman–Crippen MR) is 73.9 cm³/mol. The second kappa shape index (κ2) is 5.84. The molecule has 1 saturated heterocycles. The highest BCUT2D eigenvalue weighted by molar-refractivity contribution is 5.96. The molecule has 0 saturated carbocycles. The van der Waals surface area contributed by atoms with Crippen LogP contribution in [0, 0.1) is 12.8 Å². The molecule has 1 heterocycles. The Morgan fingerprint density at radius 2 is 2.00 bits per heavy atom. The van der Waals surface area contributed by atoms with E-state index in [0.717, 1.165) is 31.5 Å². The molecule has 0 radical (unpaired) electrons. The molecule has 0 aromatic heterocycles. The molecule has 1 fully saturated rings. The monoisotopic (exact) mass is 261 g/mol. The highest BCUT2D eigenvalue weighted by Gasteiger charge is 2.21. The maximum atomic E-state index is 12.1. The summed E-state index contributed by atoms with van der Waals surface area (Å²) in [7, 11) is 0. The van der Waals surface area contributed by atoms with Gasteiger partial charge in [0.15, 0.2) is 0 Å². The third-order valence-electron chi connectivity index (χ3n) is 3.47. The Morgan fingerprint density at radius 3 is 2.58 bits per heavy atom. The molecule has 0 bridgehead atoms. The Labute approximate surface area is 112 Å². The Kier molecular flexibility index (Phi) is 4.16. The molecule has 5 nitrogen and oxygen atoms in total. The number of carbonyl (C=O) groups excluding carboxylic acids is 2. The highest BCUT2D eigenvalue weighted by Crippen LogP contribution is 2.18. The zero-order valence-electron chi connectivity index (χ0n) is 11.0. The first-order chi connectivity index (χ1) is 9.08. The number of amides is 2. The summed E-state index contributed by atoms with van der Waals surface area (Å²) in [6.45, 7) is 3.58. The van der Waals surface area contributed by atoms with E-state index in [1.807, 2.05) is 0 Å². The minimum Gasteiger partial charge on any atom is -0.366 e. The molecule has 4 N–H and O–H groups in total. The van der Waals surface area contributed by atoms with Crippen LogP contribution in [0.15, 0.2) is 18.2 Å². The molecule has 2 amide bonds. The second-order valence-electron chi connectivity index (χ2n) is 4.91. The van der Waals surface area contributed by atoms with Gasteiger partial charge in [-0.15, -0.1) is 0 Å². The first kappa shape index (κ1) is 13.5. The quantitative estimate of drug-likeness (QED) is 0.760. The number of nitrogens with two attached hydrogens (primary N) is 1. The third kappa shape index (κ3) is 3.32. The fourth-order valence-electron chi connectivity index (χ4n) is 2.35. The summed E-state index contributed by atoms with van der Waals surface area (Å²) in [5.74, 6) is -0.334. The molecule has 1 aromatic rings. The molecule has 102 valence electrons. The summed E-state index contributed by atoms with van der Waals surface area (Å²) in [5.41, 5.74) is 7.22. The van der Waals surface area contributed by atoms with Crippen LogP contribution in [0.4, 0.5) is 5.69 Å². The van der Waals surface area contributed by atoms with E-state index in [0.29, 0.717) is 11.3 Å². The number of primary amides is 1. The van der Waals surface area contributed by atoms with E-state index < -0.39 is 5.91 Å². The van der Waals surface area contributed by atoms with E-state index >= 15 is 0 Å². The molecule has 0 aliphatic carbocycles. The summed E-state index contributed by atoms with van der Waals surface area (Å²) >= 11 is 0. The molecular formula is C14H19N3O2. The smallest absolute Gasteiger partial charge is 0.248 e. The number of piperidine rings is 1. The molecule has 1 aromatic carbocycles. The van der Waals surface area contributed by atoms with Gasteiger partial charge in [0.05, 0.1) is 0 Å². The van der Waals surface area contributed by atoms with Crippen LogP contribution in [-0.4, -0.2) is 24.9 Å². The third-order valence-corrected chi connectivity index (χ3v) is 3.47. The Morgan fingerprint density at radius 1 is 1.32 bits per heavy atom. The van der Waals surface area contributed by atoms with Gasteiger partial charge in [0.25, 0.3) is 0 Å². The van der Waals surface area contributed by atoms with Crippen molar-refractivity contribution in [2.24, 2.45) is 11.7 Å². The average molecular weight is 261 g/mol. The van der Waals surface area contributed by atoms with Crippen molar-refractivity contribution in [1.82, 2.24) is 5.32 Å². The van der Waals surface area contributed by atoms with Gasteiger partial charge in [-0.3, -0.25) is 9.59 Å². The summed E-state index contributed by atoms with van der Waals surface area (Å²) in [6.07, 6.45) is 1.73. The van der Waals surface area contributed by atoms with Crippen LogP contribution in [-0.2, 0) is 4.79 Å². The molecule has 1 aliphatic heterocycles. The number of nitrogens with one attached hydrogen (secondary N) is 2. The van der Waals surface area contributed by atoms with Crippen LogP contribution in [0.25, 0.3) is 0 Å². The van der Waals surface area contributed by atoms with Gasteiger partial charge in [0.1, 0.15) is 0 Å². The lowest BCUT2D eigenvalue weighted by molar-refractivity contribution is -0.120. The maximum Gasteiger partial charge on any atom is 0.248 e. The molecule has 1 aliphatic rings. The van der Waals surface area contributed by atoms with E-state index in [-0.39, 0.29) is 11.8 Å². The molecule has 5 heteroatoms. The fraction of sp³-hybridized carbons (Fsp3) is 0.429. The van der Waals surface area contributed by atoms with Crippen molar-refractivity contribution in [3.05, 3.63) is 29.3 Å². The number of hydrogen-bond acceptors (Lipinski definition) is 3. The van der Waals surface area contributed by atoms with Crippen molar-refractivity contribution < 1.29 is 9.59 Å². The molecule has 0 atom stereocenters. The van der Waals surface area contributed by atoms with E-state index in [1.54, 1.807) is 25.1 Å². The van der Waals surface area contributed by atoms with Gasteiger partial charge in [-0.1, -0.05) is 0 Å². The van der Waals surface area contributed by atoms with Crippen molar-refractivity contribution in [3.63, 3.8) is 0 Å². The zero-order chi connectivity index (χ0) is 13.8. The number of rotatable bonds is 3. The van der Waals surface area contributed by atoms with Gasteiger partial charge < -0.3 is 16.4 Å². The Hall–Kier alpha value is -1.88. The van der Waals surface area contributed by atoms with Crippen LogP contribution >= 0.6 is 0 Å². The summed E-state index contributed by atoms with van der Waals surface area (Å²) in [6, 6.07) is 5.14. The average Bonchev–Trinajstić information content (AvgIpc) is 2.39. The highest BCUT2D eigenvalue weighted by atomic mass is 16.2. The lowest BCUT2D eigenvalue weighted by Crippen LogP contribution is -2.34. The van der Waals surface area contributed by atoms with Gasteiger partial charge in [0.2, 0.25) is 11.8 Å². The molecule has 0 spiro atoms. The van der Waals surface area contributed by atoms with E-state index in [2.05, 4.69) is 10.6 Å². The molecular weight excluding hydrogens is 242 g/mol. The van der Waals surface area contributed by atoms with Crippen LogP contribution in [0.1, 0.15) is 28.8 Å². The van der Waals surface area contributed by atoms with Gasteiger partial charge in [0, 0.05) is 17.2 Å². The van der Waals surface area contributed by atoms with Gasteiger partial charge in [-0.25, -0.2) is 0 Å². The summed E-state index contributed by atoms with van der Waals surface area (Å²) in [5, 5.41) is 6.13. The fourth-order valence-corrected chi connectivity index (χ4v) is 2.35. The van der Waals surface area contributed by atoms with Gasteiger partial charge >= 0.3 is 0 Å². The topological polar surface area (TPSA) is 84.2 Å². The second-order valence-corrected chi connectivity index (χ2v) is 4.91. The van der Waals surface area contributed by atoms with Crippen molar-refractivity contribution in [1.29, 1.82) is 0 Å². The normalized spacial score (nSPS) is 16.1. The van der Waals surface area contributed by atoms with Crippen molar-refractivity contribution in [3.8, 4) is 0 Å². The zero-order valence-corrected chi connectivity index (χ0v) is 11.0. The van der Waals surface area contributed by atoms with Crippen molar-refractivity contribution in [2.75, 3.05) is 18.4 Å². The molecule has 0 unspecified atom stereocenters. The van der Waals surface area contributed by atoms with Crippen LogP contribution < -0.4 is 16.4 Å². The summed E-state index contributed by atoms with van der Waals surface area (Å²) in [4.78, 5) is 23.2. The number of benzene rings is 1. The van der Waals surface area contributed by atoms with E-state index in [4.69, 9.17) is 5.73 Å². The van der Waals surface area contributed by atoms with E-state index in [9.17, 15) is 9.59 Å². The number of anilines is 1. The first-order valence-corrected chi connectivity index (χ1v) is 6.50. The van der Waals surface area contributed by atoms with Crippen LogP contribution in [0.2, 0.25) is 0 Å². The van der Waals surface area contributed by atoms with Crippen LogP contribution in [0.5, 0.6) is 0 Å². The van der Waals surface area contributed by atoms with Crippen molar-refractivity contribution >= 4 is 17.5 Å². The lowest BCUT2D eigenvalue weighted by Gasteiger charge is -2.21. The number of hydrogen-bond donors (Lipinski definition) is 3. The Bertz CT molecular complexity index is 493. The van der Waals surface area contributed by atoms with Crippen LogP contribution in [0.3, 0.4) is 0 Å².